The van der Waals surface area contributed by atoms with Crippen molar-refractivity contribution >= 4 is 55.7 Å². The third kappa shape index (κ3) is 9.23. The van der Waals surface area contributed by atoms with E-state index in [0.717, 1.165) is 17.3 Å². The Bertz CT molecular complexity index is 1240. The lowest BCUT2D eigenvalue weighted by Gasteiger charge is -2.10. The fourth-order valence-electron chi connectivity index (χ4n) is 3.67. The van der Waals surface area contributed by atoms with E-state index in [1.807, 2.05) is 6.92 Å². The predicted molar refractivity (Wildman–Crippen MR) is 161 cm³/mol. The van der Waals surface area contributed by atoms with Crippen LogP contribution < -0.4 is 20.6 Å². The van der Waals surface area contributed by atoms with Crippen LogP contribution in [-0.2, 0) is 14.8 Å². The van der Waals surface area contributed by atoms with Gasteiger partial charge in [-0.25, -0.2) is 13.1 Å². The first-order chi connectivity index (χ1) is 17.9. The molecule has 0 spiro atoms. The summed E-state index contributed by atoms with van der Waals surface area (Å²) in [6, 6.07) is 38.9. The summed E-state index contributed by atoms with van der Waals surface area (Å²) in [6.45, 7) is 1.87. The molecule has 7 heteroatoms. The van der Waals surface area contributed by atoms with Crippen molar-refractivity contribution in [3.05, 3.63) is 121 Å². The van der Waals surface area contributed by atoms with E-state index in [0.29, 0.717) is 6.42 Å². The van der Waals surface area contributed by atoms with Gasteiger partial charge in [0.1, 0.15) is 15.9 Å². The monoisotopic (exact) mass is 596 g/mol. The lowest BCUT2D eigenvalue weighted by molar-refractivity contribution is -0.119. The number of hydrogen-bond donors (Lipinski definition) is 1. The molecule has 0 atom stereocenters. The molecule has 1 N–H and O–H groups in total. The van der Waals surface area contributed by atoms with E-state index in [1.54, 1.807) is 12.1 Å². The minimum Gasteiger partial charge on any atom is -0.274 e. The van der Waals surface area contributed by atoms with E-state index in [4.69, 9.17) is 0 Å². The molecule has 0 saturated carbocycles. The summed E-state index contributed by atoms with van der Waals surface area (Å²) in [6.07, 6.45) is 1.73. The van der Waals surface area contributed by atoms with Crippen molar-refractivity contribution in [2.75, 3.05) is 5.33 Å². The highest BCUT2D eigenvalue weighted by Gasteiger charge is 2.24. The van der Waals surface area contributed by atoms with Crippen LogP contribution in [0.15, 0.2) is 120 Å². The lowest BCUT2D eigenvalue weighted by Crippen LogP contribution is -2.30. The van der Waals surface area contributed by atoms with E-state index < -0.39 is 23.9 Å². The van der Waals surface area contributed by atoms with Gasteiger partial charge in [0, 0.05) is 11.8 Å². The average Bonchev–Trinajstić information content (AvgIpc) is 2.91. The molecule has 4 aromatic rings. The molecule has 0 fully saturated rings. The first kappa shape index (κ1) is 28.8. The van der Waals surface area contributed by atoms with Gasteiger partial charge in [-0.2, -0.15) is 0 Å². The zero-order chi connectivity index (χ0) is 26.5. The van der Waals surface area contributed by atoms with Crippen LogP contribution in [0.2, 0.25) is 0 Å². The largest absolute Gasteiger partial charge is 0.274 e. The Labute approximate surface area is 230 Å². The first-order valence-corrected chi connectivity index (χ1v) is 16.2. The maximum absolute atomic E-state index is 11.8. The molecule has 0 aromatic heterocycles. The Morgan fingerprint density at radius 1 is 0.703 bits per heavy atom. The Balaban J connectivity index is 0.000000206. The van der Waals surface area contributed by atoms with Gasteiger partial charge in [-0.05, 0) is 68.3 Å². The fraction of sp³-hybridized carbons (Fsp3) is 0.167. The summed E-state index contributed by atoms with van der Waals surface area (Å²) in [5.41, 5.74) is 0.970. The number of rotatable bonds is 9. The number of nitrogens with one attached hydrogen (secondary N) is 1. The second-order valence-electron chi connectivity index (χ2n) is 8.46. The third-order valence-corrected chi connectivity index (χ3v) is 10.2. The second kappa shape index (κ2) is 14.8. The summed E-state index contributed by atoms with van der Waals surface area (Å²) in [5.74, 6) is -0.462. The minimum atomic E-state index is -3.72. The topological polar surface area (TPSA) is 63.2 Å². The average molecular weight is 598 g/mol. The van der Waals surface area contributed by atoms with Crippen LogP contribution in [0.4, 0.5) is 0 Å². The number of benzene rings is 4. The molecule has 192 valence electrons. The van der Waals surface area contributed by atoms with Crippen LogP contribution in [0.1, 0.15) is 24.8 Å². The molecule has 4 aromatic carbocycles. The molecule has 0 unspecified atom stereocenters. The standard InChI is InChI=1S/C18H15P.C12H16BrNO3S/c1-4-10-16(11-5-1)19(17-12-6-2-7-13-17)18-14-8-3-9-15-18;1-10-5-7-11(8-6-10)18(16,17)14-12(15)4-2-3-9-13/h1-15H;5-8H,2-4,9H2,1H3,(H,14,15)/p+1. The number of halogens is 1. The van der Waals surface area contributed by atoms with Crippen molar-refractivity contribution in [2.45, 2.75) is 31.1 Å². The quantitative estimate of drug-likeness (QED) is 0.157. The number of unbranched alkanes of at least 4 members (excludes halogenated alkanes) is 1. The SMILES string of the molecule is Cc1ccc(S(=O)(=O)NC(=O)CCCCBr)cc1.c1ccc([PH+](c2ccccc2)c2ccccc2)cc1. The Morgan fingerprint density at radius 2 is 1.14 bits per heavy atom. The van der Waals surface area contributed by atoms with E-state index in [9.17, 15) is 13.2 Å². The molecule has 1 amide bonds. The molecular formula is C30H32BrNO3PS+. The molecule has 0 aliphatic heterocycles. The Hall–Kier alpha value is -2.79. The molecule has 4 nitrogen and oxygen atoms in total. The molecule has 4 rings (SSSR count). The summed E-state index contributed by atoms with van der Waals surface area (Å²) in [4.78, 5) is 11.6. The van der Waals surface area contributed by atoms with E-state index in [1.165, 1.54) is 28.0 Å². The number of aryl methyl sites for hydroxylation is 1. The highest BCUT2D eigenvalue weighted by Crippen LogP contribution is 2.32. The summed E-state index contributed by atoms with van der Waals surface area (Å²) < 4.78 is 25.8. The second-order valence-corrected chi connectivity index (χ2v) is 13.4. The summed E-state index contributed by atoms with van der Waals surface area (Å²) in [7, 11) is -4.60. The van der Waals surface area contributed by atoms with Crippen molar-refractivity contribution in [2.24, 2.45) is 0 Å². The number of sulfonamides is 1. The van der Waals surface area contributed by atoms with Crippen molar-refractivity contribution in [3.8, 4) is 0 Å². The highest BCUT2D eigenvalue weighted by atomic mass is 79.9. The molecule has 0 aliphatic rings. The smallest absolute Gasteiger partial charge is 0.264 e. The Morgan fingerprint density at radius 3 is 1.54 bits per heavy atom. The van der Waals surface area contributed by atoms with Crippen molar-refractivity contribution < 1.29 is 13.2 Å². The normalized spacial score (nSPS) is 10.9. The molecule has 0 radical (unpaired) electrons. The zero-order valence-corrected chi connectivity index (χ0v) is 24.2. The zero-order valence-electron chi connectivity index (χ0n) is 20.8. The van der Waals surface area contributed by atoms with E-state index in [2.05, 4.69) is 112 Å². The number of carbonyl (C=O) groups is 1. The molecule has 0 heterocycles. The number of carbonyl (C=O) groups excluding carboxylic acids is 1. The summed E-state index contributed by atoms with van der Waals surface area (Å²) >= 11 is 3.25. The maximum atomic E-state index is 11.8. The van der Waals surface area contributed by atoms with Crippen molar-refractivity contribution in [3.63, 3.8) is 0 Å². The van der Waals surface area contributed by atoms with Gasteiger partial charge in [0.25, 0.3) is 10.0 Å². The van der Waals surface area contributed by atoms with Crippen molar-refractivity contribution in [1.29, 1.82) is 0 Å². The van der Waals surface area contributed by atoms with Crippen LogP contribution in [-0.4, -0.2) is 19.7 Å². The minimum absolute atomic E-state index is 0.113. The fourth-order valence-corrected chi connectivity index (χ4v) is 7.66. The molecule has 0 aliphatic carbocycles. The van der Waals surface area contributed by atoms with Crippen LogP contribution >= 0.6 is 23.9 Å². The molecular weight excluding hydrogens is 565 g/mol. The van der Waals surface area contributed by atoms with Crippen LogP contribution in [0, 0.1) is 6.92 Å². The van der Waals surface area contributed by atoms with Gasteiger partial charge in [0.15, 0.2) is 0 Å². The lowest BCUT2D eigenvalue weighted by atomic mass is 10.2. The van der Waals surface area contributed by atoms with Crippen LogP contribution in [0.3, 0.4) is 0 Å². The van der Waals surface area contributed by atoms with Gasteiger partial charge in [-0.15, -0.1) is 0 Å². The summed E-state index contributed by atoms with van der Waals surface area (Å²) in [5, 5.41) is 5.12. The third-order valence-electron chi connectivity index (χ3n) is 5.55. The van der Waals surface area contributed by atoms with E-state index in [-0.39, 0.29) is 11.3 Å². The molecule has 37 heavy (non-hydrogen) atoms. The van der Waals surface area contributed by atoms with Crippen LogP contribution in [0.5, 0.6) is 0 Å². The Kier molecular flexibility index (Phi) is 11.5. The number of hydrogen-bond acceptors (Lipinski definition) is 3. The van der Waals surface area contributed by atoms with Crippen molar-refractivity contribution in [1.82, 2.24) is 4.72 Å². The highest BCUT2D eigenvalue weighted by molar-refractivity contribution is 9.09. The molecule has 0 saturated heterocycles. The van der Waals surface area contributed by atoms with E-state index >= 15 is 0 Å². The number of amides is 1. The molecule has 0 bridgehead atoms. The van der Waals surface area contributed by atoms with Gasteiger partial charge < -0.3 is 0 Å². The van der Waals surface area contributed by atoms with Crippen LogP contribution in [0.25, 0.3) is 0 Å². The van der Waals surface area contributed by atoms with Gasteiger partial charge in [0.2, 0.25) is 5.91 Å². The van der Waals surface area contributed by atoms with Gasteiger partial charge >= 0.3 is 0 Å². The van der Waals surface area contributed by atoms with Gasteiger partial charge in [0.05, 0.1) is 12.8 Å². The van der Waals surface area contributed by atoms with Gasteiger partial charge in [-0.1, -0.05) is 88.2 Å². The first-order valence-electron chi connectivity index (χ1n) is 12.1. The predicted octanol–water partition coefficient (Wildman–Crippen LogP) is 5.54. The maximum Gasteiger partial charge on any atom is 0.264 e. The number of alkyl halides is 1. The van der Waals surface area contributed by atoms with Gasteiger partial charge in [-0.3, -0.25) is 4.79 Å².